The van der Waals surface area contributed by atoms with E-state index in [4.69, 9.17) is 5.21 Å². The smallest absolute Gasteiger partial charge is 0.0870 e. The quantitative estimate of drug-likeness (QED) is 0.367. The van der Waals surface area contributed by atoms with Crippen molar-refractivity contribution in [2.45, 2.75) is 25.7 Å². The molecule has 2 nitrogen and oxygen atoms in total. The molecule has 1 aromatic carbocycles. The van der Waals surface area contributed by atoms with Gasteiger partial charge in [0.05, 0.1) is 5.71 Å². The Labute approximate surface area is 77.9 Å². The maximum absolute atomic E-state index is 8.85. The molecule has 13 heavy (non-hydrogen) atoms. The fourth-order valence-corrected chi connectivity index (χ4v) is 1.87. The van der Waals surface area contributed by atoms with Gasteiger partial charge in [0.25, 0.3) is 0 Å². The molecule has 0 unspecified atom stereocenters. The van der Waals surface area contributed by atoms with Crippen LogP contribution in [0.15, 0.2) is 29.4 Å². The average Bonchev–Trinajstić information content (AvgIpc) is 2.39. The van der Waals surface area contributed by atoms with E-state index in [1.54, 1.807) is 0 Å². The van der Waals surface area contributed by atoms with Gasteiger partial charge in [-0.15, -0.1) is 0 Å². The van der Waals surface area contributed by atoms with Crippen LogP contribution in [-0.4, -0.2) is 10.9 Å². The van der Waals surface area contributed by atoms with E-state index in [-0.39, 0.29) is 0 Å². The third kappa shape index (κ3) is 1.57. The summed E-state index contributed by atoms with van der Waals surface area (Å²) in [6.07, 6.45) is 4.31. The first-order chi connectivity index (χ1) is 6.42. The molecule has 0 saturated carbocycles. The van der Waals surface area contributed by atoms with Crippen molar-refractivity contribution in [1.29, 1.82) is 0 Å². The number of hydrogen-bond acceptors (Lipinski definition) is 2. The Balaban J connectivity index is 2.48. The number of oxime groups is 1. The molecule has 0 heterocycles. The lowest BCUT2D eigenvalue weighted by atomic mass is 10.0. The second-order valence-electron chi connectivity index (χ2n) is 3.41. The highest BCUT2D eigenvalue weighted by Crippen LogP contribution is 2.20. The van der Waals surface area contributed by atoms with Gasteiger partial charge in [0.2, 0.25) is 0 Å². The van der Waals surface area contributed by atoms with Crippen LogP contribution in [0.4, 0.5) is 0 Å². The summed E-state index contributed by atoms with van der Waals surface area (Å²) in [5.74, 6) is 0. The van der Waals surface area contributed by atoms with Gasteiger partial charge in [0.15, 0.2) is 0 Å². The van der Waals surface area contributed by atoms with E-state index in [1.807, 2.05) is 18.2 Å². The number of rotatable bonds is 0. The SMILES string of the molecule is ON=C1CCCCc2ccccc21. The van der Waals surface area contributed by atoms with Crippen LogP contribution in [0.3, 0.4) is 0 Å². The average molecular weight is 175 g/mol. The Kier molecular flexibility index (Phi) is 2.30. The first-order valence-electron chi connectivity index (χ1n) is 4.71. The molecular formula is C11H13NO. The fourth-order valence-electron chi connectivity index (χ4n) is 1.87. The lowest BCUT2D eigenvalue weighted by Crippen LogP contribution is -2.01. The number of benzene rings is 1. The van der Waals surface area contributed by atoms with Crippen LogP contribution in [0, 0.1) is 0 Å². The van der Waals surface area contributed by atoms with E-state index in [0.717, 1.165) is 30.5 Å². The van der Waals surface area contributed by atoms with Crippen molar-refractivity contribution < 1.29 is 5.21 Å². The molecule has 0 aliphatic heterocycles. The minimum atomic E-state index is 0.841. The van der Waals surface area contributed by atoms with E-state index < -0.39 is 0 Å². The zero-order valence-electron chi connectivity index (χ0n) is 7.53. The van der Waals surface area contributed by atoms with Crippen molar-refractivity contribution in [3.05, 3.63) is 35.4 Å². The van der Waals surface area contributed by atoms with Gasteiger partial charge in [-0.25, -0.2) is 0 Å². The zero-order valence-corrected chi connectivity index (χ0v) is 7.53. The van der Waals surface area contributed by atoms with Crippen LogP contribution in [0.2, 0.25) is 0 Å². The molecule has 0 radical (unpaired) electrons. The van der Waals surface area contributed by atoms with Gasteiger partial charge in [-0.05, 0) is 31.2 Å². The van der Waals surface area contributed by atoms with Gasteiger partial charge in [0, 0.05) is 5.56 Å². The second-order valence-corrected chi connectivity index (χ2v) is 3.41. The van der Waals surface area contributed by atoms with E-state index in [9.17, 15) is 0 Å². The fraction of sp³-hybridized carbons (Fsp3) is 0.364. The van der Waals surface area contributed by atoms with Crippen molar-refractivity contribution in [3.63, 3.8) is 0 Å². The first kappa shape index (κ1) is 8.30. The monoisotopic (exact) mass is 175 g/mol. The summed E-state index contributed by atoms with van der Waals surface area (Å²) in [7, 11) is 0. The Morgan fingerprint density at radius 2 is 1.85 bits per heavy atom. The Hall–Kier alpha value is -1.31. The zero-order chi connectivity index (χ0) is 9.10. The lowest BCUT2D eigenvalue weighted by Gasteiger charge is -2.04. The maximum atomic E-state index is 8.85. The highest BCUT2D eigenvalue weighted by atomic mass is 16.4. The Morgan fingerprint density at radius 1 is 1.08 bits per heavy atom. The van der Waals surface area contributed by atoms with Crippen molar-refractivity contribution in [2.24, 2.45) is 5.16 Å². The summed E-state index contributed by atoms with van der Waals surface area (Å²) in [6.45, 7) is 0. The predicted octanol–water partition coefficient (Wildman–Crippen LogP) is 2.59. The Morgan fingerprint density at radius 3 is 2.69 bits per heavy atom. The number of fused-ring (bicyclic) bond motifs is 1. The summed E-state index contributed by atoms with van der Waals surface area (Å²) in [6, 6.07) is 8.19. The Bertz CT molecular complexity index is 331. The van der Waals surface area contributed by atoms with Crippen LogP contribution in [0.1, 0.15) is 30.4 Å². The molecule has 0 atom stereocenters. The highest BCUT2D eigenvalue weighted by Gasteiger charge is 2.12. The van der Waals surface area contributed by atoms with Gasteiger partial charge in [-0.1, -0.05) is 29.4 Å². The van der Waals surface area contributed by atoms with Gasteiger partial charge in [-0.3, -0.25) is 0 Å². The van der Waals surface area contributed by atoms with Crippen LogP contribution in [0.25, 0.3) is 0 Å². The van der Waals surface area contributed by atoms with Crippen molar-refractivity contribution in [2.75, 3.05) is 0 Å². The molecule has 1 aliphatic rings. The first-order valence-corrected chi connectivity index (χ1v) is 4.71. The number of aryl methyl sites for hydroxylation is 1. The molecule has 1 aliphatic carbocycles. The number of nitrogens with zero attached hydrogens (tertiary/aromatic N) is 1. The maximum Gasteiger partial charge on any atom is 0.0870 e. The van der Waals surface area contributed by atoms with Crippen molar-refractivity contribution in [3.8, 4) is 0 Å². The van der Waals surface area contributed by atoms with E-state index in [1.165, 1.54) is 12.0 Å². The molecule has 0 saturated heterocycles. The molecule has 68 valence electrons. The normalized spacial score (nSPS) is 19.5. The predicted molar refractivity (Wildman–Crippen MR) is 52.3 cm³/mol. The summed E-state index contributed by atoms with van der Waals surface area (Å²) >= 11 is 0. The lowest BCUT2D eigenvalue weighted by molar-refractivity contribution is 0.318. The highest BCUT2D eigenvalue weighted by molar-refractivity contribution is 6.01. The van der Waals surface area contributed by atoms with Gasteiger partial charge in [0.1, 0.15) is 0 Å². The molecule has 0 spiro atoms. The minimum absolute atomic E-state index is 0.841. The second kappa shape index (κ2) is 3.60. The summed E-state index contributed by atoms with van der Waals surface area (Å²) < 4.78 is 0. The van der Waals surface area contributed by atoms with Gasteiger partial charge >= 0.3 is 0 Å². The van der Waals surface area contributed by atoms with Crippen molar-refractivity contribution in [1.82, 2.24) is 0 Å². The van der Waals surface area contributed by atoms with Crippen LogP contribution in [-0.2, 0) is 6.42 Å². The molecule has 0 amide bonds. The third-order valence-electron chi connectivity index (χ3n) is 2.56. The third-order valence-corrected chi connectivity index (χ3v) is 2.56. The van der Waals surface area contributed by atoms with Gasteiger partial charge in [-0.2, -0.15) is 0 Å². The summed E-state index contributed by atoms with van der Waals surface area (Å²) in [4.78, 5) is 0. The van der Waals surface area contributed by atoms with E-state index in [2.05, 4.69) is 11.2 Å². The molecule has 1 N–H and O–H groups in total. The molecule has 2 heteroatoms. The van der Waals surface area contributed by atoms with Crippen LogP contribution >= 0.6 is 0 Å². The summed E-state index contributed by atoms with van der Waals surface area (Å²) in [5.41, 5.74) is 3.28. The molecule has 2 rings (SSSR count). The largest absolute Gasteiger partial charge is 0.411 e. The molecule has 0 fully saturated rings. The van der Waals surface area contributed by atoms with E-state index >= 15 is 0 Å². The van der Waals surface area contributed by atoms with Gasteiger partial charge < -0.3 is 5.21 Å². The van der Waals surface area contributed by atoms with Crippen LogP contribution < -0.4 is 0 Å². The van der Waals surface area contributed by atoms with Crippen LogP contribution in [0.5, 0.6) is 0 Å². The molecule has 0 aromatic heterocycles. The summed E-state index contributed by atoms with van der Waals surface area (Å²) in [5, 5.41) is 12.2. The molecular weight excluding hydrogens is 162 g/mol. The molecule has 1 aromatic rings. The number of hydrogen-bond donors (Lipinski definition) is 1. The molecule has 0 bridgehead atoms. The topological polar surface area (TPSA) is 32.6 Å². The standard InChI is InChI=1S/C11H13NO/c13-12-11-8-4-2-6-9-5-1-3-7-10(9)11/h1,3,5,7,13H,2,4,6,8H2. The van der Waals surface area contributed by atoms with E-state index in [0.29, 0.717) is 0 Å². The van der Waals surface area contributed by atoms with Crippen molar-refractivity contribution >= 4 is 5.71 Å². The minimum Gasteiger partial charge on any atom is -0.411 e.